The monoisotopic (exact) mass is 339 g/mol. The zero-order chi connectivity index (χ0) is 16.9. The molecule has 1 aromatic carbocycles. The van der Waals surface area contributed by atoms with Crippen LogP contribution in [0.1, 0.15) is 50.3 Å². The van der Waals surface area contributed by atoms with Crippen LogP contribution in [0.15, 0.2) is 24.3 Å². The molecule has 0 spiro atoms. The van der Waals surface area contributed by atoms with E-state index in [2.05, 4.69) is 29.2 Å². The number of aliphatic hydroxyl groups is 1. The fourth-order valence-electron chi connectivity index (χ4n) is 3.36. The van der Waals surface area contributed by atoms with Gasteiger partial charge in [-0.1, -0.05) is 24.3 Å². The summed E-state index contributed by atoms with van der Waals surface area (Å²) in [7, 11) is -2.99. The Morgan fingerprint density at radius 3 is 2.70 bits per heavy atom. The minimum atomic E-state index is -2.99. The molecule has 1 unspecified atom stereocenters. The Kier molecular flexibility index (Phi) is 6.62. The molecule has 1 atom stereocenters. The van der Waals surface area contributed by atoms with E-state index in [1.807, 2.05) is 0 Å². The summed E-state index contributed by atoms with van der Waals surface area (Å²) in [6.07, 6.45) is 3.96. The molecule has 1 aromatic rings. The Bertz CT molecular complexity index is 598. The number of benzene rings is 1. The first-order valence-electron chi connectivity index (χ1n) is 8.60. The molecule has 1 aliphatic rings. The number of nitrogens with zero attached hydrogens (tertiary/aromatic N) is 1. The molecular formula is C18H29NO3S. The van der Waals surface area contributed by atoms with Gasteiger partial charge in [-0.2, -0.15) is 0 Å². The van der Waals surface area contributed by atoms with Crippen molar-refractivity contribution in [3.8, 4) is 0 Å². The van der Waals surface area contributed by atoms with Gasteiger partial charge in [-0.25, -0.2) is 8.42 Å². The molecule has 130 valence electrons. The first-order valence-corrected chi connectivity index (χ1v) is 10.3. The summed E-state index contributed by atoms with van der Waals surface area (Å²) in [5.74, 6) is 0.223. The third-order valence-corrected chi connectivity index (χ3v) is 7.05. The van der Waals surface area contributed by atoms with Crippen molar-refractivity contribution in [1.29, 1.82) is 0 Å². The fourth-order valence-corrected chi connectivity index (χ4v) is 4.37. The molecule has 0 heterocycles. The lowest BCUT2D eigenvalue weighted by atomic mass is 9.86. The number of fused-ring (bicyclic) bond motifs is 1. The van der Waals surface area contributed by atoms with Crippen molar-refractivity contribution < 1.29 is 13.5 Å². The first-order chi connectivity index (χ1) is 11.0. The van der Waals surface area contributed by atoms with Crippen molar-refractivity contribution in [3.05, 3.63) is 35.4 Å². The van der Waals surface area contributed by atoms with Crippen molar-refractivity contribution in [2.75, 3.05) is 25.4 Å². The molecular weight excluding hydrogens is 310 g/mol. The molecule has 0 amide bonds. The van der Waals surface area contributed by atoms with Crippen LogP contribution in [-0.2, 0) is 16.3 Å². The maximum Gasteiger partial charge on any atom is 0.152 e. The van der Waals surface area contributed by atoms with Crippen LogP contribution >= 0.6 is 0 Å². The topological polar surface area (TPSA) is 57.6 Å². The van der Waals surface area contributed by atoms with Gasteiger partial charge in [0.05, 0.1) is 17.6 Å². The third-order valence-electron chi connectivity index (χ3n) is 4.76. The molecule has 0 fully saturated rings. The van der Waals surface area contributed by atoms with Gasteiger partial charge in [0, 0.05) is 12.6 Å². The molecule has 4 nitrogen and oxygen atoms in total. The number of hydrogen-bond donors (Lipinski definition) is 1. The molecule has 2 rings (SSSR count). The third kappa shape index (κ3) is 4.78. The van der Waals surface area contributed by atoms with Crippen LogP contribution in [0.25, 0.3) is 0 Å². The van der Waals surface area contributed by atoms with Crippen LogP contribution in [0.3, 0.4) is 0 Å². The van der Waals surface area contributed by atoms with Gasteiger partial charge in [0.25, 0.3) is 0 Å². The Balaban J connectivity index is 2.05. The average Bonchev–Trinajstić information content (AvgIpc) is 2.53. The standard InChI is InChI=1S/C18H29NO3S/c1-15(2)23(21,22)14-6-11-19(12-13-20)18-10-5-8-16-7-3-4-9-17(16)18/h3-4,7,9,15,18,20H,5-6,8,10-14H2,1-2H3. The summed E-state index contributed by atoms with van der Waals surface area (Å²) < 4.78 is 24.0. The molecule has 0 radical (unpaired) electrons. The number of rotatable bonds is 8. The highest BCUT2D eigenvalue weighted by Crippen LogP contribution is 2.34. The van der Waals surface area contributed by atoms with Gasteiger partial charge in [0.15, 0.2) is 9.84 Å². The minimum Gasteiger partial charge on any atom is -0.395 e. The normalized spacial score (nSPS) is 18.4. The van der Waals surface area contributed by atoms with Gasteiger partial charge in [-0.05, 0) is 57.2 Å². The van der Waals surface area contributed by atoms with E-state index in [4.69, 9.17) is 0 Å². The highest BCUT2D eigenvalue weighted by Gasteiger charge is 2.25. The second kappa shape index (κ2) is 8.27. The second-order valence-electron chi connectivity index (χ2n) is 6.64. The highest BCUT2D eigenvalue weighted by molar-refractivity contribution is 7.91. The smallest absolute Gasteiger partial charge is 0.152 e. The van der Waals surface area contributed by atoms with Gasteiger partial charge >= 0.3 is 0 Å². The van der Waals surface area contributed by atoms with E-state index in [0.717, 1.165) is 19.3 Å². The van der Waals surface area contributed by atoms with Crippen LogP contribution in [-0.4, -0.2) is 49.1 Å². The van der Waals surface area contributed by atoms with E-state index in [1.165, 1.54) is 11.1 Å². The van der Waals surface area contributed by atoms with Gasteiger partial charge in [0.2, 0.25) is 0 Å². The van der Waals surface area contributed by atoms with Gasteiger partial charge < -0.3 is 5.11 Å². The van der Waals surface area contributed by atoms with E-state index in [0.29, 0.717) is 25.6 Å². The highest BCUT2D eigenvalue weighted by atomic mass is 32.2. The maximum absolute atomic E-state index is 12.0. The summed E-state index contributed by atoms with van der Waals surface area (Å²) in [6, 6.07) is 8.80. The molecule has 1 aliphatic carbocycles. The van der Waals surface area contributed by atoms with Crippen LogP contribution < -0.4 is 0 Å². The molecule has 0 aliphatic heterocycles. The maximum atomic E-state index is 12.0. The SMILES string of the molecule is CC(C)S(=O)(=O)CCCN(CCO)C1CCCc2ccccc21. The van der Waals surface area contributed by atoms with Gasteiger partial charge in [0.1, 0.15) is 0 Å². The minimum absolute atomic E-state index is 0.107. The molecule has 0 bridgehead atoms. The molecule has 0 saturated heterocycles. The largest absolute Gasteiger partial charge is 0.395 e. The van der Waals surface area contributed by atoms with Crippen molar-refractivity contribution in [3.63, 3.8) is 0 Å². The van der Waals surface area contributed by atoms with E-state index in [1.54, 1.807) is 13.8 Å². The Hall–Kier alpha value is -0.910. The van der Waals surface area contributed by atoms with Crippen molar-refractivity contribution in [2.24, 2.45) is 0 Å². The molecule has 23 heavy (non-hydrogen) atoms. The first kappa shape index (κ1) is 18.4. The molecule has 0 aromatic heterocycles. The zero-order valence-electron chi connectivity index (χ0n) is 14.2. The van der Waals surface area contributed by atoms with E-state index in [9.17, 15) is 13.5 Å². The number of aryl methyl sites for hydroxylation is 1. The second-order valence-corrected chi connectivity index (χ2v) is 9.31. The van der Waals surface area contributed by atoms with Crippen molar-refractivity contribution in [2.45, 2.75) is 50.8 Å². The van der Waals surface area contributed by atoms with Gasteiger partial charge in [-0.3, -0.25) is 4.90 Å². The zero-order valence-corrected chi connectivity index (χ0v) is 15.1. The van der Waals surface area contributed by atoms with Crippen LogP contribution in [0.5, 0.6) is 0 Å². The number of sulfone groups is 1. The van der Waals surface area contributed by atoms with Crippen LogP contribution in [0.4, 0.5) is 0 Å². The molecule has 0 saturated carbocycles. The Morgan fingerprint density at radius 2 is 2.00 bits per heavy atom. The van der Waals surface area contributed by atoms with Crippen molar-refractivity contribution >= 4 is 9.84 Å². The van der Waals surface area contributed by atoms with E-state index < -0.39 is 9.84 Å². The lowest BCUT2D eigenvalue weighted by molar-refractivity contribution is 0.139. The summed E-state index contributed by atoms with van der Waals surface area (Å²) in [4.78, 5) is 2.26. The predicted octanol–water partition coefficient (Wildman–Crippen LogP) is 2.57. The van der Waals surface area contributed by atoms with Crippen molar-refractivity contribution in [1.82, 2.24) is 4.90 Å². The summed E-state index contributed by atoms with van der Waals surface area (Å²) >= 11 is 0. The van der Waals surface area contributed by atoms with Crippen LogP contribution in [0.2, 0.25) is 0 Å². The summed E-state index contributed by atoms with van der Waals surface area (Å²) in [5.41, 5.74) is 2.74. The Morgan fingerprint density at radius 1 is 1.26 bits per heavy atom. The summed E-state index contributed by atoms with van der Waals surface area (Å²) in [6.45, 7) is 4.89. The predicted molar refractivity (Wildman–Crippen MR) is 94.3 cm³/mol. The lowest BCUT2D eigenvalue weighted by Crippen LogP contribution is -2.35. The van der Waals surface area contributed by atoms with Gasteiger partial charge in [-0.15, -0.1) is 0 Å². The molecule has 5 heteroatoms. The van der Waals surface area contributed by atoms with E-state index >= 15 is 0 Å². The average molecular weight is 340 g/mol. The lowest BCUT2D eigenvalue weighted by Gasteiger charge is -2.35. The van der Waals surface area contributed by atoms with Crippen LogP contribution in [0, 0.1) is 0 Å². The summed E-state index contributed by atoms with van der Waals surface area (Å²) in [5, 5.41) is 9.09. The quantitative estimate of drug-likeness (QED) is 0.791. The fraction of sp³-hybridized carbons (Fsp3) is 0.667. The van der Waals surface area contributed by atoms with E-state index in [-0.39, 0.29) is 17.6 Å². The number of hydrogen-bond acceptors (Lipinski definition) is 4. The molecule has 1 N–H and O–H groups in total. The number of aliphatic hydroxyl groups excluding tert-OH is 1. The Labute approximate surface area is 140 Å².